The summed E-state index contributed by atoms with van der Waals surface area (Å²) in [4.78, 5) is 25.2. The van der Waals surface area contributed by atoms with Gasteiger partial charge in [0, 0.05) is 18.0 Å². The zero-order chi connectivity index (χ0) is 14.7. The molecule has 1 fully saturated rings. The lowest BCUT2D eigenvalue weighted by Crippen LogP contribution is -2.37. The first-order valence-corrected chi connectivity index (χ1v) is 7.74. The minimum absolute atomic E-state index is 0.0943. The summed E-state index contributed by atoms with van der Waals surface area (Å²) in [5.41, 5.74) is 0.143. The van der Waals surface area contributed by atoms with E-state index in [4.69, 9.17) is 5.11 Å². The van der Waals surface area contributed by atoms with E-state index < -0.39 is 22.0 Å². The molecule has 2 rings (SSSR count). The highest BCUT2D eigenvalue weighted by atomic mass is 32.2. The number of likely N-dealkylation sites (tertiary alicyclic amines) is 1. The second kappa shape index (κ2) is 6.17. The van der Waals surface area contributed by atoms with Gasteiger partial charge in [-0.3, -0.25) is 9.00 Å². The quantitative estimate of drug-likeness (QED) is 0.913. The Morgan fingerprint density at radius 3 is 2.25 bits per heavy atom. The van der Waals surface area contributed by atoms with Crippen molar-refractivity contribution in [3.63, 3.8) is 0 Å². The van der Waals surface area contributed by atoms with Gasteiger partial charge in [-0.2, -0.15) is 0 Å². The van der Waals surface area contributed by atoms with Crippen molar-refractivity contribution >= 4 is 22.7 Å². The standard InChI is InChI=1S/C14H17NO4S/c1-10(13(16)15-8-2-3-9-15)20(19)12-6-4-11(5-7-12)14(17)18/h4-7,10H,2-3,8-9H2,1H3,(H,17,18). The van der Waals surface area contributed by atoms with E-state index in [1.54, 1.807) is 11.8 Å². The minimum atomic E-state index is -1.46. The molecule has 1 aromatic carbocycles. The fourth-order valence-corrected chi connectivity index (χ4v) is 3.37. The third-order valence-electron chi connectivity index (χ3n) is 3.42. The highest BCUT2D eigenvalue weighted by Gasteiger charge is 2.28. The molecular formula is C14H17NO4S. The molecule has 2 atom stereocenters. The third-order valence-corrected chi connectivity index (χ3v) is 5.00. The molecular weight excluding hydrogens is 278 g/mol. The molecule has 108 valence electrons. The van der Waals surface area contributed by atoms with Crippen LogP contribution in [0.15, 0.2) is 29.2 Å². The van der Waals surface area contributed by atoms with Crippen LogP contribution in [-0.2, 0) is 15.6 Å². The Labute approximate surface area is 120 Å². The van der Waals surface area contributed by atoms with E-state index in [1.807, 2.05) is 0 Å². The van der Waals surface area contributed by atoms with Crippen molar-refractivity contribution in [1.82, 2.24) is 4.90 Å². The summed E-state index contributed by atoms with van der Waals surface area (Å²) in [6.45, 7) is 3.12. The van der Waals surface area contributed by atoms with Crippen LogP contribution in [0, 0.1) is 0 Å². The first kappa shape index (κ1) is 14.7. The van der Waals surface area contributed by atoms with Crippen LogP contribution >= 0.6 is 0 Å². The maximum Gasteiger partial charge on any atom is 0.335 e. The van der Waals surface area contributed by atoms with Gasteiger partial charge in [-0.05, 0) is 44.0 Å². The summed E-state index contributed by atoms with van der Waals surface area (Å²) in [6, 6.07) is 5.83. The number of aromatic carboxylic acids is 1. The smallest absolute Gasteiger partial charge is 0.335 e. The van der Waals surface area contributed by atoms with Gasteiger partial charge >= 0.3 is 5.97 Å². The number of carboxylic acid groups (broad SMARTS) is 1. The third kappa shape index (κ3) is 3.07. The average Bonchev–Trinajstić information content (AvgIpc) is 2.99. The molecule has 6 heteroatoms. The van der Waals surface area contributed by atoms with E-state index in [-0.39, 0.29) is 11.5 Å². The molecule has 0 spiro atoms. The molecule has 1 saturated heterocycles. The Morgan fingerprint density at radius 1 is 1.20 bits per heavy atom. The van der Waals surface area contributed by atoms with Gasteiger partial charge in [0.25, 0.3) is 0 Å². The molecule has 0 saturated carbocycles. The molecule has 1 heterocycles. The minimum Gasteiger partial charge on any atom is -0.478 e. The van der Waals surface area contributed by atoms with Crippen LogP contribution in [0.1, 0.15) is 30.1 Å². The Balaban J connectivity index is 2.09. The Bertz CT molecular complexity index is 535. The van der Waals surface area contributed by atoms with E-state index in [9.17, 15) is 13.8 Å². The fraction of sp³-hybridized carbons (Fsp3) is 0.429. The maximum atomic E-state index is 12.3. The number of rotatable bonds is 4. The molecule has 5 nitrogen and oxygen atoms in total. The van der Waals surface area contributed by atoms with Gasteiger partial charge in [0.15, 0.2) is 0 Å². The summed E-state index contributed by atoms with van der Waals surface area (Å²) in [7, 11) is -1.46. The Kier molecular flexibility index (Phi) is 4.54. The molecule has 0 aromatic heterocycles. The van der Waals surface area contributed by atoms with Crippen molar-refractivity contribution < 1.29 is 18.9 Å². The largest absolute Gasteiger partial charge is 0.478 e. The van der Waals surface area contributed by atoms with Gasteiger partial charge in [-0.1, -0.05) is 0 Å². The van der Waals surface area contributed by atoms with Crippen molar-refractivity contribution in [3.8, 4) is 0 Å². The van der Waals surface area contributed by atoms with Crippen molar-refractivity contribution in [2.75, 3.05) is 13.1 Å². The average molecular weight is 295 g/mol. The number of carboxylic acids is 1. The number of nitrogens with zero attached hydrogens (tertiary/aromatic N) is 1. The number of benzene rings is 1. The molecule has 1 aliphatic rings. The Hall–Kier alpha value is -1.69. The van der Waals surface area contributed by atoms with E-state index >= 15 is 0 Å². The van der Waals surface area contributed by atoms with Crippen LogP contribution in [-0.4, -0.2) is 44.4 Å². The zero-order valence-electron chi connectivity index (χ0n) is 11.2. The van der Waals surface area contributed by atoms with Crippen LogP contribution < -0.4 is 0 Å². The number of hydrogen-bond donors (Lipinski definition) is 1. The molecule has 1 aliphatic heterocycles. The second-order valence-electron chi connectivity index (χ2n) is 4.80. The Morgan fingerprint density at radius 2 is 1.75 bits per heavy atom. The van der Waals surface area contributed by atoms with Gasteiger partial charge in [-0.15, -0.1) is 0 Å². The molecule has 2 unspecified atom stereocenters. The number of hydrogen-bond acceptors (Lipinski definition) is 3. The molecule has 0 bridgehead atoms. The number of carbonyl (C=O) groups excluding carboxylic acids is 1. The summed E-state index contributed by atoms with van der Waals surface area (Å²) in [5.74, 6) is -1.12. The number of carbonyl (C=O) groups is 2. The van der Waals surface area contributed by atoms with Gasteiger partial charge in [0.05, 0.1) is 16.4 Å². The van der Waals surface area contributed by atoms with Gasteiger partial charge in [0.2, 0.25) is 5.91 Å². The summed E-state index contributed by atoms with van der Waals surface area (Å²) in [5, 5.41) is 8.21. The normalized spacial score (nSPS) is 17.8. The molecule has 20 heavy (non-hydrogen) atoms. The van der Waals surface area contributed by atoms with Gasteiger partial charge < -0.3 is 10.0 Å². The van der Waals surface area contributed by atoms with Crippen LogP contribution in [0.25, 0.3) is 0 Å². The summed E-state index contributed by atoms with van der Waals surface area (Å²) >= 11 is 0. The predicted molar refractivity (Wildman–Crippen MR) is 75.1 cm³/mol. The van der Waals surface area contributed by atoms with E-state index in [1.165, 1.54) is 24.3 Å². The topological polar surface area (TPSA) is 74.7 Å². The first-order valence-electron chi connectivity index (χ1n) is 6.53. The molecule has 1 amide bonds. The van der Waals surface area contributed by atoms with E-state index in [0.717, 1.165) is 25.9 Å². The first-order chi connectivity index (χ1) is 9.50. The predicted octanol–water partition coefficient (Wildman–Crippen LogP) is 1.50. The van der Waals surface area contributed by atoms with Gasteiger partial charge in [0.1, 0.15) is 5.25 Å². The molecule has 1 N–H and O–H groups in total. The van der Waals surface area contributed by atoms with Crippen LogP contribution in [0.2, 0.25) is 0 Å². The molecule has 0 aliphatic carbocycles. The molecule has 1 aromatic rings. The maximum absolute atomic E-state index is 12.3. The fourth-order valence-electron chi connectivity index (χ4n) is 2.22. The lowest BCUT2D eigenvalue weighted by atomic mass is 10.2. The lowest BCUT2D eigenvalue weighted by Gasteiger charge is -2.19. The summed E-state index contributed by atoms with van der Waals surface area (Å²) < 4.78 is 12.3. The zero-order valence-corrected chi connectivity index (χ0v) is 12.1. The van der Waals surface area contributed by atoms with Crippen LogP contribution in [0.4, 0.5) is 0 Å². The van der Waals surface area contributed by atoms with Crippen molar-refractivity contribution in [1.29, 1.82) is 0 Å². The molecule has 0 radical (unpaired) electrons. The number of amides is 1. The van der Waals surface area contributed by atoms with Crippen LogP contribution in [0.5, 0.6) is 0 Å². The van der Waals surface area contributed by atoms with E-state index in [0.29, 0.717) is 4.90 Å². The SMILES string of the molecule is CC(C(=O)N1CCCC1)S(=O)c1ccc(C(=O)O)cc1. The van der Waals surface area contributed by atoms with Crippen molar-refractivity contribution in [2.24, 2.45) is 0 Å². The van der Waals surface area contributed by atoms with E-state index in [2.05, 4.69) is 0 Å². The van der Waals surface area contributed by atoms with Crippen molar-refractivity contribution in [2.45, 2.75) is 29.9 Å². The highest BCUT2D eigenvalue weighted by Crippen LogP contribution is 2.17. The van der Waals surface area contributed by atoms with Gasteiger partial charge in [-0.25, -0.2) is 4.79 Å². The summed E-state index contributed by atoms with van der Waals surface area (Å²) in [6.07, 6.45) is 2.00. The lowest BCUT2D eigenvalue weighted by molar-refractivity contribution is -0.129. The highest BCUT2D eigenvalue weighted by molar-refractivity contribution is 7.86. The van der Waals surface area contributed by atoms with Crippen molar-refractivity contribution in [3.05, 3.63) is 29.8 Å². The van der Waals surface area contributed by atoms with Crippen LogP contribution in [0.3, 0.4) is 0 Å². The monoisotopic (exact) mass is 295 g/mol. The second-order valence-corrected chi connectivity index (χ2v) is 6.57.